The van der Waals surface area contributed by atoms with Crippen molar-refractivity contribution >= 4 is 34.9 Å². The molecule has 1 saturated carbocycles. The zero-order valence-corrected chi connectivity index (χ0v) is 27.1. The third kappa shape index (κ3) is 5.10. The molecule has 9 heteroatoms. The maximum absolute atomic E-state index is 15.1. The van der Waals surface area contributed by atoms with Gasteiger partial charge in [0.05, 0.1) is 23.9 Å². The molecule has 6 atom stereocenters. The van der Waals surface area contributed by atoms with Crippen molar-refractivity contribution in [2.45, 2.75) is 43.9 Å². The van der Waals surface area contributed by atoms with Gasteiger partial charge in [0.1, 0.15) is 0 Å². The number of carbonyl (C=O) groups is 5. The number of imide groups is 1. The summed E-state index contributed by atoms with van der Waals surface area (Å²) in [7, 11) is 0. The number of aromatic hydroxyl groups is 1. The lowest BCUT2D eigenvalue weighted by molar-refractivity contribution is -0.142. The first kappa shape index (κ1) is 32.2. The van der Waals surface area contributed by atoms with E-state index in [-0.39, 0.29) is 73.7 Å². The second-order valence-electron chi connectivity index (χ2n) is 13.3. The number of allylic oxidation sites excluding steroid dienone is 4. The number of fused-ring (bicyclic) bond motifs is 4. The number of benzene rings is 3. The number of phenolic OH excluding ortho intramolecular Hbond substituents is 1. The van der Waals surface area contributed by atoms with Crippen molar-refractivity contribution in [1.29, 1.82) is 0 Å². The molecule has 7 rings (SSSR count). The lowest BCUT2D eigenvalue weighted by atomic mass is 9.44. The first-order valence-corrected chi connectivity index (χ1v) is 16.8. The molecule has 1 saturated heterocycles. The minimum Gasteiger partial charge on any atom is -0.504 e. The van der Waals surface area contributed by atoms with Gasteiger partial charge in [0.2, 0.25) is 11.8 Å². The predicted molar refractivity (Wildman–Crippen MR) is 179 cm³/mol. The summed E-state index contributed by atoms with van der Waals surface area (Å²) >= 11 is 0. The molecule has 1 heterocycles. The van der Waals surface area contributed by atoms with Crippen LogP contribution in [0.1, 0.15) is 55.2 Å². The molecular formula is C40H37NO8. The molecule has 0 radical (unpaired) electrons. The van der Waals surface area contributed by atoms with Crippen LogP contribution in [0, 0.1) is 23.7 Å². The summed E-state index contributed by atoms with van der Waals surface area (Å²) in [6.45, 7) is 2.10. The van der Waals surface area contributed by atoms with Crippen LogP contribution < -0.4 is 4.74 Å². The molecule has 2 fully saturated rings. The van der Waals surface area contributed by atoms with E-state index < -0.39 is 41.0 Å². The zero-order chi connectivity index (χ0) is 34.4. The second-order valence-corrected chi connectivity index (χ2v) is 13.3. The molecule has 0 bridgehead atoms. The van der Waals surface area contributed by atoms with E-state index in [1.807, 2.05) is 54.6 Å². The van der Waals surface area contributed by atoms with E-state index in [2.05, 4.69) is 0 Å². The van der Waals surface area contributed by atoms with Crippen molar-refractivity contribution in [1.82, 2.24) is 4.90 Å². The molecule has 4 aliphatic rings. The van der Waals surface area contributed by atoms with E-state index in [1.54, 1.807) is 31.2 Å². The van der Waals surface area contributed by atoms with Crippen molar-refractivity contribution in [3.8, 4) is 11.5 Å². The smallest absolute Gasteiger partial charge is 0.303 e. The number of rotatable bonds is 9. The van der Waals surface area contributed by atoms with Crippen molar-refractivity contribution in [2.75, 3.05) is 13.2 Å². The van der Waals surface area contributed by atoms with Crippen LogP contribution in [0.25, 0.3) is 5.57 Å². The van der Waals surface area contributed by atoms with E-state index in [1.165, 1.54) is 17.0 Å². The molecule has 1 aliphatic heterocycles. The van der Waals surface area contributed by atoms with Crippen LogP contribution in [0.5, 0.6) is 11.5 Å². The Bertz CT molecular complexity index is 1910. The summed E-state index contributed by atoms with van der Waals surface area (Å²) in [5.41, 5.74) is 1.67. The Morgan fingerprint density at radius 3 is 2.35 bits per heavy atom. The van der Waals surface area contributed by atoms with Gasteiger partial charge < -0.3 is 14.9 Å². The van der Waals surface area contributed by atoms with Crippen LogP contribution >= 0.6 is 0 Å². The Morgan fingerprint density at radius 1 is 0.939 bits per heavy atom. The quantitative estimate of drug-likeness (QED) is 0.228. The van der Waals surface area contributed by atoms with Crippen LogP contribution in [-0.2, 0) is 29.4 Å². The lowest BCUT2D eigenvalue weighted by Gasteiger charge is -2.55. The number of carboxylic acids is 1. The molecule has 0 spiro atoms. The summed E-state index contributed by atoms with van der Waals surface area (Å²) in [5.74, 6) is -5.52. The Kier molecular flexibility index (Phi) is 8.30. The van der Waals surface area contributed by atoms with Gasteiger partial charge in [-0.3, -0.25) is 28.9 Å². The topological polar surface area (TPSA) is 138 Å². The number of hydrogen-bond donors (Lipinski definition) is 2. The number of aliphatic carboxylic acids is 1. The fraction of sp³-hybridized carbons (Fsp3) is 0.325. The summed E-state index contributed by atoms with van der Waals surface area (Å²) in [4.78, 5) is 70.3. The van der Waals surface area contributed by atoms with Gasteiger partial charge in [0.25, 0.3) is 0 Å². The molecule has 3 aromatic rings. The Morgan fingerprint density at radius 2 is 1.65 bits per heavy atom. The van der Waals surface area contributed by atoms with Gasteiger partial charge in [0.15, 0.2) is 23.1 Å². The number of carbonyl (C=O) groups excluding carboxylic acids is 4. The number of hydrogen-bond acceptors (Lipinski definition) is 7. The molecule has 49 heavy (non-hydrogen) atoms. The fourth-order valence-corrected chi connectivity index (χ4v) is 8.90. The standard InChI is InChI=1S/C40H37NO8/c1-2-49-32-20-24(15-18-31(32)42)36-26-16-17-27-35(39(48)41(38(27)47)19-9-14-34(44)45)29(26)21-30-37(46)28(23-10-5-3-6-11-23)22-33(43)40(30,36)25-12-7-4-8-13-25/h3-8,10-13,15-16,18,20,22,27,29-30,35-36,42H,2,9,14,17,19,21H2,1H3,(H,44,45)/t27-,29+,30-,35-,36-,40-/m0/s1. The summed E-state index contributed by atoms with van der Waals surface area (Å²) in [6, 6.07) is 23.4. The second kappa shape index (κ2) is 12.6. The SMILES string of the molecule is CCOc1cc([C@H]2C3=CC[C@@H]4C(=O)N(CCCC(=O)O)C(=O)[C@@H]4[C@@H]3C[C@H]3C(=O)C(c4ccccc4)=CC(=O)[C@@]23c2ccccc2)ccc1O. The molecular weight excluding hydrogens is 622 g/mol. The molecule has 2 N–H and O–H groups in total. The van der Waals surface area contributed by atoms with Crippen LogP contribution in [0.15, 0.2) is 96.6 Å². The number of likely N-dealkylation sites (tertiary alicyclic amines) is 1. The van der Waals surface area contributed by atoms with Crippen LogP contribution in [0.3, 0.4) is 0 Å². The largest absolute Gasteiger partial charge is 0.504 e. The van der Waals surface area contributed by atoms with Gasteiger partial charge in [-0.2, -0.15) is 0 Å². The summed E-state index contributed by atoms with van der Waals surface area (Å²) < 4.78 is 5.79. The first-order valence-electron chi connectivity index (χ1n) is 16.8. The average molecular weight is 660 g/mol. The number of Topliss-reactive ketones (excluding diaryl/α,β-unsaturated/α-hetero) is 1. The molecule has 3 aliphatic carbocycles. The first-order chi connectivity index (χ1) is 23.7. The van der Waals surface area contributed by atoms with E-state index in [4.69, 9.17) is 4.74 Å². The average Bonchev–Trinajstić information content (AvgIpc) is 3.35. The van der Waals surface area contributed by atoms with Crippen LogP contribution in [-0.4, -0.2) is 57.6 Å². The third-order valence-corrected chi connectivity index (χ3v) is 10.9. The van der Waals surface area contributed by atoms with Gasteiger partial charge in [-0.25, -0.2) is 0 Å². The van der Waals surface area contributed by atoms with E-state index in [9.17, 15) is 29.4 Å². The van der Waals surface area contributed by atoms with Gasteiger partial charge in [0, 0.05) is 30.4 Å². The van der Waals surface area contributed by atoms with Gasteiger partial charge in [-0.1, -0.05) is 78.4 Å². The highest BCUT2D eigenvalue weighted by Crippen LogP contribution is 2.64. The molecule has 250 valence electrons. The zero-order valence-electron chi connectivity index (χ0n) is 27.1. The maximum Gasteiger partial charge on any atom is 0.303 e. The van der Waals surface area contributed by atoms with Gasteiger partial charge in [-0.15, -0.1) is 0 Å². The Balaban J connectivity index is 1.44. The number of nitrogens with zero attached hydrogens (tertiary/aromatic N) is 1. The van der Waals surface area contributed by atoms with Crippen LogP contribution in [0.4, 0.5) is 0 Å². The Labute approximate surface area is 283 Å². The number of ether oxygens (including phenoxy) is 1. The molecule has 0 aromatic heterocycles. The van der Waals surface area contributed by atoms with Crippen molar-refractivity contribution in [3.05, 3.63) is 113 Å². The summed E-state index contributed by atoms with van der Waals surface area (Å²) in [5, 5.41) is 19.9. The molecule has 3 aromatic carbocycles. The minimum absolute atomic E-state index is 0.00776. The number of carboxylic acid groups (broad SMARTS) is 1. The predicted octanol–water partition coefficient (Wildman–Crippen LogP) is 5.48. The highest BCUT2D eigenvalue weighted by Gasteiger charge is 2.65. The van der Waals surface area contributed by atoms with Crippen molar-refractivity contribution in [2.24, 2.45) is 23.7 Å². The summed E-state index contributed by atoms with van der Waals surface area (Å²) in [6.07, 6.45) is 3.87. The normalized spacial score (nSPS) is 27.5. The van der Waals surface area contributed by atoms with Crippen LogP contribution in [0.2, 0.25) is 0 Å². The van der Waals surface area contributed by atoms with Gasteiger partial charge in [-0.05, 0) is 67.0 Å². The number of phenols is 1. The lowest BCUT2D eigenvalue weighted by Crippen LogP contribution is -2.58. The van der Waals surface area contributed by atoms with E-state index in [0.717, 1.165) is 5.57 Å². The molecule has 9 nitrogen and oxygen atoms in total. The van der Waals surface area contributed by atoms with E-state index in [0.29, 0.717) is 22.3 Å². The minimum atomic E-state index is -1.39. The van der Waals surface area contributed by atoms with Crippen molar-refractivity contribution < 1.29 is 38.9 Å². The maximum atomic E-state index is 15.1. The molecule has 2 amide bonds. The Hall–Kier alpha value is -5.31. The highest BCUT2D eigenvalue weighted by molar-refractivity contribution is 6.31. The fourth-order valence-electron chi connectivity index (χ4n) is 8.90. The number of ketones is 2. The molecule has 0 unspecified atom stereocenters. The third-order valence-electron chi connectivity index (χ3n) is 10.9. The van der Waals surface area contributed by atoms with Gasteiger partial charge >= 0.3 is 5.97 Å². The highest BCUT2D eigenvalue weighted by atomic mass is 16.5. The van der Waals surface area contributed by atoms with Crippen molar-refractivity contribution in [3.63, 3.8) is 0 Å². The van der Waals surface area contributed by atoms with E-state index >= 15 is 4.79 Å². The monoisotopic (exact) mass is 659 g/mol. The number of amides is 2.